The molecule has 0 aliphatic carbocycles. The Bertz CT molecular complexity index is 575. The van der Waals surface area contributed by atoms with Crippen LogP contribution in [0.25, 0.3) is 10.9 Å². The van der Waals surface area contributed by atoms with Crippen molar-refractivity contribution in [1.29, 1.82) is 0 Å². The second-order valence-corrected chi connectivity index (χ2v) is 5.43. The number of rotatable bonds is 4. The van der Waals surface area contributed by atoms with Crippen LogP contribution in [0, 0.1) is 0 Å². The maximum absolute atomic E-state index is 10.0. The maximum atomic E-state index is 10.0. The average molecular weight is 259 g/mol. The standard InChI is InChI=1S/C15H21N3O/c1-4-18(10-15(2,3)19)14-7-8-17-13-9-11(16)5-6-12(13)14/h5-9,19H,4,10,16H2,1-3H3. The average Bonchev–Trinajstić information content (AvgIpc) is 2.34. The maximum Gasteiger partial charge on any atom is 0.0765 e. The summed E-state index contributed by atoms with van der Waals surface area (Å²) in [5.74, 6) is 0. The van der Waals surface area contributed by atoms with Gasteiger partial charge >= 0.3 is 0 Å². The van der Waals surface area contributed by atoms with Crippen molar-refractivity contribution in [2.45, 2.75) is 26.4 Å². The molecule has 0 fully saturated rings. The molecule has 0 spiro atoms. The molecule has 2 rings (SSSR count). The van der Waals surface area contributed by atoms with Gasteiger partial charge in [0, 0.05) is 36.0 Å². The van der Waals surface area contributed by atoms with Gasteiger partial charge in [-0.05, 0) is 45.0 Å². The van der Waals surface area contributed by atoms with E-state index in [0.717, 1.165) is 23.1 Å². The summed E-state index contributed by atoms with van der Waals surface area (Å²) in [6.07, 6.45) is 1.78. The van der Waals surface area contributed by atoms with Gasteiger partial charge in [0.05, 0.1) is 11.1 Å². The highest BCUT2D eigenvalue weighted by Crippen LogP contribution is 2.27. The third kappa shape index (κ3) is 3.15. The lowest BCUT2D eigenvalue weighted by molar-refractivity contribution is 0.0876. The van der Waals surface area contributed by atoms with E-state index in [1.54, 1.807) is 6.20 Å². The van der Waals surface area contributed by atoms with Crippen LogP contribution < -0.4 is 10.6 Å². The molecule has 1 aromatic heterocycles. The summed E-state index contributed by atoms with van der Waals surface area (Å²) in [6, 6.07) is 7.72. The Balaban J connectivity index is 2.48. The molecule has 0 aliphatic heterocycles. The van der Waals surface area contributed by atoms with Crippen LogP contribution in [0.3, 0.4) is 0 Å². The van der Waals surface area contributed by atoms with E-state index in [0.29, 0.717) is 12.2 Å². The largest absolute Gasteiger partial charge is 0.399 e. The number of likely N-dealkylation sites (N-methyl/N-ethyl adjacent to an activating group) is 1. The van der Waals surface area contributed by atoms with Gasteiger partial charge in [-0.25, -0.2) is 0 Å². The SMILES string of the molecule is CCN(CC(C)(C)O)c1ccnc2cc(N)ccc12. The van der Waals surface area contributed by atoms with Crippen LogP contribution >= 0.6 is 0 Å². The van der Waals surface area contributed by atoms with E-state index in [1.807, 2.05) is 38.1 Å². The van der Waals surface area contributed by atoms with Crippen molar-refractivity contribution in [1.82, 2.24) is 4.98 Å². The van der Waals surface area contributed by atoms with Gasteiger partial charge < -0.3 is 15.7 Å². The van der Waals surface area contributed by atoms with E-state index in [1.165, 1.54) is 0 Å². The Morgan fingerprint density at radius 1 is 1.32 bits per heavy atom. The lowest BCUT2D eigenvalue weighted by atomic mass is 10.1. The quantitative estimate of drug-likeness (QED) is 0.828. The molecule has 0 saturated heterocycles. The number of nitrogens with zero attached hydrogens (tertiary/aromatic N) is 2. The van der Waals surface area contributed by atoms with Crippen molar-refractivity contribution in [2.24, 2.45) is 0 Å². The predicted molar refractivity (Wildman–Crippen MR) is 80.3 cm³/mol. The van der Waals surface area contributed by atoms with Crippen molar-refractivity contribution in [3.05, 3.63) is 30.5 Å². The second-order valence-electron chi connectivity index (χ2n) is 5.43. The topological polar surface area (TPSA) is 62.4 Å². The molecule has 0 bridgehead atoms. The molecule has 4 nitrogen and oxygen atoms in total. The van der Waals surface area contributed by atoms with E-state index in [2.05, 4.69) is 16.8 Å². The van der Waals surface area contributed by atoms with Crippen LogP contribution in [0.4, 0.5) is 11.4 Å². The third-order valence-corrected chi connectivity index (χ3v) is 3.04. The van der Waals surface area contributed by atoms with Crippen molar-refractivity contribution in [2.75, 3.05) is 23.7 Å². The van der Waals surface area contributed by atoms with Crippen LogP contribution in [0.2, 0.25) is 0 Å². The van der Waals surface area contributed by atoms with E-state index in [4.69, 9.17) is 5.73 Å². The summed E-state index contributed by atoms with van der Waals surface area (Å²) in [4.78, 5) is 6.50. The lowest BCUT2D eigenvalue weighted by Crippen LogP contribution is -2.38. The second kappa shape index (κ2) is 5.05. The fourth-order valence-electron chi connectivity index (χ4n) is 2.26. The van der Waals surface area contributed by atoms with E-state index < -0.39 is 5.60 Å². The monoisotopic (exact) mass is 259 g/mol. The zero-order valence-corrected chi connectivity index (χ0v) is 11.7. The Kier molecular flexibility index (Phi) is 3.62. The highest BCUT2D eigenvalue weighted by molar-refractivity contribution is 5.93. The van der Waals surface area contributed by atoms with Gasteiger partial charge in [-0.15, -0.1) is 0 Å². The summed E-state index contributed by atoms with van der Waals surface area (Å²) in [5, 5.41) is 11.1. The first-order valence-electron chi connectivity index (χ1n) is 6.52. The first-order valence-corrected chi connectivity index (χ1v) is 6.52. The summed E-state index contributed by atoms with van der Waals surface area (Å²) >= 11 is 0. The zero-order valence-electron chi connectivity index (χ0n) is 11.7. The normalized spacial score (nSPS) is 11.8. The van der Waals surface area contributed by atoms with Crippen LogP contribution in [0.1, 0.15) is 20.8 Å². The van der Waals surface area contributed by atoms with Gasteiger partial charge in [-0.1, -0.05) is 0 Å². The smallest absolute Gasteiger partial charge is 0.0765 e. The van der Waals surface area contributed by atoms with Gasteiger partial charge in [0.25, 0.3) is 0 Å². The summed E-state index contributed by atoms with van der Waals surface area (Å²) in [5.41, 5.74) is 7.72. The van der Waals surface area contributed by atoms with Crippen molar-refractivity contribution < 1.29 is 5.11 Å². The fourth-order valence-corrected chi connectivity index (χ4v) is 2.26. The van der Waals surface area contributed by atoms with Gasteiger partial charge in [-0.3, -0.25) is 4.98 Å². The lowest BCUT2D eigenvalue weighted by Gasteiger charge is -2.30. The number of nitrogen functional groups attached to an aromatic ring is 1. The van der Waals surface area contributed by atoms with Crippen LogP contribution in [0.15, 0.2) is 30.5 Å². The predicted octanol–water partition coefficient (Wildman–Crippen LogP) is 2.41. The molecular weight excluding hydrogens is 238 g/mol. The van der Waals surface area contributed by atoms with Gasteiger partial charge in [0.1, 0.15) is 0 Å². The molecule has 0 radical (unpaired) electrons. The zero-order chi connectivity index (χ0) is 14.0. The minimum Gasteiger partial charge on any atom is -0.399 e. The number of pyridine rings is 1. The highest BCUT2D eigenvalue weighted by atomic mass is 16.3. The molecule has 0 saturated carbocycles. The van der Waals surface area contributed by atoms with E-state index in [9.17, 15) is 5.11 Å². The Hall–Kier alpha value is -1.81. The molecule has 3 N–H and O–H groups in total. The third-order valence-electron chi connectivity index (χ3n) is 3.04. The Labute approximate surface area is 113 Å². The molecule has 0 aliphatic rings. The van der Waals surface area contributed by atoms with Crippen LogP contribution in [-0.2, 0) is 0 Å². The molecule has 1 aromatic carbocycles. The number of hydrogen-bond acceptors (Lipinski definition) is 4. The van der Waals surface area contributed by atoms with Gasteiger partial charge in [0.15, 0.2) is 0 Å². The number of aromatic nitrogens is 1. The van der Waals surface area contributed by atoms with Crippen molar-refractivity contribution in [3.8, 4) is 0 Å². The molecule has 0 atom stereocenters. The molecule has 19 heavy (non-hydrogen) atoms. The first kappa shape index (κ1) is 13.6. The molecule has 0 amide bonds. The highest BCUT2D eigenvalue weighted by Gasteiger charge is 2.19. The first-order chi connectivity index (χ1) is 8.90. The number of benzene rings is 1. The van der Waals surface area contributed by atoms with E-state index >= 15 is 0 Å². The fraction of sp³-hybridized carbons (Fsp3) is 0.400. The summed E-state index contributed by atoms with van der Waals surface area (Å²) < 4.78 is 0. The number of hydrogen-bond donors (Lipinski definition) is 2. The summed E-state index contributed by atoms with van der Waals surface area (Å²) in [7, 11) is 0. The number of anilines is 2. The van der Waals surface area contributed by atoms with Gasteiger partial charge in [0.2, 0.25) is 0 Å². The Morgan fingerprint density at radius 3 is 2.68 bits per heavy atom. The van der Waals surface area contributed by atoms with Crippen molar-refractivity contribution >= 4 is 22.3 Å². The molecule has 1 heterocycles. The van der Waals surface area contributed by atoms with Gasteiger partial charge in [-0.2, -0.15) is 0 Å². The van der Waals surface area contributed by atoms with Crippen molar-refractivity contribution in [3.63, 3.8) is 0 Å². The minimum absolute atomic E-state index is 0.576. The molecule has 102 valence electrons. The van der Waals surface area contributed by atoms with Crippen LogP contribution in [-0.4, -0.2) is 28.8 Å². The summed E-state index contributed by atoms with van der Waals surface area (Å²) in [6.45, 7) is 7.11. The molecule has 0 unspecified atom stereocenters. The Morgan fingerprint density at radius 2 is 2.05 bits per heavy atom. The minimum atomic E-state index is -0.737. The molecular formula is C15H21N3O. The van der Waals surface area contributed by atoms with E-state index in [-0.39, 0.29) is 0 Å². The molecule has 2 aromatic rings. The molecule has 4 heteroatoms. The number of nitrogens with two attached hydrogens (primary N) is 1. The number of aliphatic hydroxyl groups is 1. The number of fused-ring (bicyclic) bond motifs is 1. The van der Waals surface area contributed by atoms with Crippen LogP contribution in [0.5, 0.6) is 0 Å².